The number of hydrogen-bond acceptors (Lipinski definition) is 13. The van der Waals surface area contributed by atoms with Crippen LogP contribution in [0.2, 0.25) is 5.02 Å². The number of anilines is 1. The smallest absolute Gasteiger partial charge is 0.490 e. The van der Waals surface area contributed by atoms with Crippen LogP contribution in [0.15, 0.2) is 65.6 Å². The summed E-state index contributed by atoms with van der Waals surface area (Å²) in [5.41, 5.74) is -1.43. The molecule has 0 spiro atoms. The van der Waals surface area contributed by atoms with Crippen molar-refractivity contribution in [2.45, 2.75) is 41.4 Å². The summed E-state index contributed by atoms with van der Waals surface area (Å²) < 4.78 is 117. The predicted molar refractivity (Wildman–Crippen MR) is 220 cm³/mol. The zero-order chi connectivity index (χ0) is 49.5. The maximum atomic E-state index is 15.6. The van der Waals surface area contributed by atoms with E-state index in [1.807, 2.05) is 0 Å². The summed E-state index contributed by atoms with van der Waals surface area (Å²) in [6.07, 6.45) is -10.7. The van der Waals surface area contributed by atoms with Gasteiger partial charge in [-0.3, -0.25) is 19.3 Å². The van der Waals surface area contributed by atoms with Crippen LogP contribution in [0.4, 0.5) is 32.0 Å². The number of carboxylic acids is 2. The van der Waals surface area contributed by atoms with E-state index in [-0.39, 0.29) is 64.1 Å². The Morgan fingerprint density at radius 1 is 0.848 bits per heavy atom. The molecule has 3 atom stereocenters. The highest BCUT2D eigenvalue weighted by Gasteiger charge is 2.64. The molecule has 6 rings (SSSR count). The van der Waals surface area contributed by atoms with E-state index in [4.69, 9.17) is 50.4 Å². The second-order valence-corrected chi connectivity index (χ2v) is 16.7. The van der Waals surface area contributed by atoms with Gasteiger partial charge < -0.3 is 44.3 Å². The average Bonchev–Trinajstić information content (AvgIpc) is 3.81. The van der Waals surface area contributed by atoms with Gasteiger partial charge in [0.1, 0.15) is 28.8 Å². The standard InChI is InChI=1S/C36H42ClN5O9S.2C2HF3O2/c1-39(2)34(44)29-19-25(51-22-33(43)40-16-14-38-15-17-40)21-41(29)36(26-8-6-7-9-30(26)49-4)27-18-23(37)10-12-28(27)42(35(36)45)52(46,47)32-13-11-24(48-3)20-31(32)50-5;2*3-2(4,5)1(6)7/h6-13,18,20,25,29,38H,14-17,19,21-22H2,1-5H3;2*(H,6,7)/t25-,29+,36?;;/m1../s1. The van der Waals surface area contributed by atoms with Gasteiger partial charge in [-0.2, -0.15) is 26.3 Å². The SMILES string of the molecule is COc1ccc(S(=O)(=O)N2C(=O)C(c3ccccc3OC)(N3C[C@H](OCC(=O)N4CCNCC4)C[C@H]3C(=O)N(C)C)c3cc(Cl)ccc32)c(OC)c1.O=C(O)C(F)(F)F.O=C(O)C(F)(F)F. The number of carbonyl (C=O) groups is 5. The molecule has 1 unspecified atom stereocenters. The number of likely N-dealkylation sites (N-methyl/N-ethyl adjacent to an activating group) is 1. The molecule has 0 aromatic heterocycles. The van der Waals surface area contributed by atoms with Gasteiger partial charge in [-0.05, 0) is 42.8 Å². The van der Waals surface area contributed by atoms with E-state index in [9.17, 15) is 44.3 Å². The maximum Gasteiger partial charge on any atom is 0.490 e. The number of ether oxygens (including phenoxy) is 4. The molecule has 3 aliphatic heterocycles. The molecule has 0 aliphatic carbocycles. The Morgan fingerprint density at radius 3 is 1.95 bits per heavy atom. The van der Waals surface area contributed by atoms with Crippen molar-refractivity contribution < 1.29 is 87.9 Å². The minimum Gasteiger partial charge on any atom is -0.497 e. The number of fused-ring (bicyclic) bond motifs is 1. The molecule has 3 N–H and O–H groups in total. The third-order valence-electron chi connectivity index (χ3n) is 10.3. The summed E-state index contributed by atoms with van der Waals surface area (Å²) in [5.74, 6) is -6.35. The fraction of sp³-hybridized carbons (Fsp3) is 0.425. The Balaban J connectivity index is 0.000000590. The predicted octanol–water partition coefficient (Wildman–Crippen LogP) is 3.59. The lowest BCUT2D eigenvalue weighted by molar-refractivity contribution is -0.193. The van der Waals surface area contributed by atoms with Gasteiger partial charge in [0.05, 0.1) is 39.2 Å². The highest BCUT2D eigenvalue weighted by Crippen LogP contribution is 2.55. The number of amides is 3. The lowest BCUT2D eigenvalue weighted by atomic mass is 9.80. The van der Waals surface area contributed by atoms with E-state index in [1.54, 1.807) is 54.2 Å². The van der Waals surface area contributed by atoms with Crippen LogP contribution in [-0.2, 0) is 44.3 Å². The number of alkyl halides is 6. The highest BCUT2D eigenvalue weighted by atomic mass is 35.5. The summed E-state index contributed by atoms with van der Waals surface area (Å²) >= 11 is 6.65. The number of piperazine rings is 1. The fourth-order valence-electron chi connectivity index (χ4n) is 7.32. The lowest BCUT2D eigenvalue weighted by Crippen LogP contribution is -2.59. The molecular weight excluding hydrogens is 940 g/mol. The van der Waals surface area contributed by atoms with Gasteiger partial charge in [-0.15, -0.1) is 0 Å². The van der Waals surface area contributed by atoms with Gasteiger partial charge in [0.15, 0.2) is 5.54 Å². The monoisotopic (exact) mass is 983 g/mol. The second-order valence-electron chi connectivity index (χ2n) is 14.5. The van der Waals surface area contributed by atoms with Crippen LogP contribution in [-0.4, -0.2) is 162 Å². The van der Waals surface area contributed by atoms with Gasteiger partial charge in [-0.25, -0.2) is 22.3 Å². The number of nitrogens with one attached hydrogen (secondary N) is 1. The van der Waals surface area contributed by atoms with Crippen molar-refractivity contribution in [2.75, 3.05) is 79.1 Å². The van der Waals surface area contributed by atoms with E-state index in [1.165, 1.54) is 56.6 Å². The number of hydrogen-bond donors (Lipinski definition) is 3. The van der Waals surface area contributed by atoms with Crippen molar-refractivity contribution in [1.29, 1.82) is 0 Å². The van der Waals surface area contributed by atoms with Crippen molar-refractivity contribution >= 4 is 57.0 Å². The average molecular weight is 984 g/mol. The number of nitrogens with zero attached hydrogens (tertiary/aromatic N) is 4. The van der Waals surface area contributed by atoms with E-state index in [0.29, 0.717) is 37.5 Å². The number of halogens is 7. The molecule has 3 heterocycles. The molecule has 2 fully saturated rings. The Kier molecular flexibility index (Phi) is 16.9. The number of carbonyl (C=O) groups excluding carboxylic acids is 3. The number of methoxy groups -OCH3 is 3. The summed E-state index contributed by atoms with van der Waals surface area (Å²) in [6.45, 7) is 2.21. The summed E-state index contributed by atoms with van der Waals surface area (Å²) in [5, 5.41) is 17.7. The zero-order valence-corrected chi connectivity index (χ0v) is 37.2. The summed E-state index contributed by atoms with van der Waals surface area (Å²) in [7, 11) is 2.71. The van der Waals surface area contributed by atoms with E-state index in [2.05, 4.69) is 5.32 Å². The van der Waals surface area contributed by atoms with E-state index in [0.717, 1.165) is 4.31 Å². The molecule has 0 radical (unpaired) electrons. The first-order valence-corrected chi connectivity index (χ1v) is 21.0. The molecule has 0 saturated carbocycles. The molecule has 3 aromatic carbocycles. The van der Waals surface area contributed by atoms with Crippen molar-refractivity contribution in [3.63, 3.8) is 0 Å². The lowest BCUT2D eigenvalue weighted by Gasteiger charge is -2.42. The summed E-state index contributed by atoms with van der Waals surface area (Å²) in [6, 6.07) is 14.5. The van der Waals surface area contributed by atoms with Crippen molar-refractivity contribution in [3.8, 4) is 17.2 Å². The number of rotatable bonds is 11. The number of aliphatic carboxylic acids is 2. The normalized spacial score (nSPS) is 19.7. The van der Waals surface area contributed by atoms with Crippen LogP contribution in [0.3, 0.4) is 0 Å². The Morgan fingerprint density at radius 2 is 1.42 bits per heavy atom. The molecular formula is C40H44ClF6N5O13S. The van der Waals surface area contributed by atoms with Crippen LogP contribution in [0.5, 0.6) is 17.2 Å². The van der Waals surface area contributed by atoms with Crippen LogP contribution >= 0.6 is 11.6 Å². The molecule has 66 heavy (non-hydrogen) atoms. The van der Waals surface area contributed by atoms with Gasteiger partial charge in [0.25, 0.3) is 15.9 Å². The van der Waals surface area contributed by atoms with Crippen LogP contribution < -0.4 is 23.8 Å². The number of benzene rings is 3. The Hall–Kier alpha value is -5.89. The van der Waals surface area contributed by atoms with Crippen molar-refractivity contribution in [3.05, 3.63) is 76.8 Å². The Labute approximate surface area is 378 Å². The van der Waals surface area contributed by atoms with Crippen LogP contribution in [0, 0.1) is 0 Å². The molecule has 3 aliphatic rings. The van der Waals surface area contributed by atoms with Gasteiger partial charge in [0.2, 0.25) is 11.8 Å². The first-order chi connectivity index (χ1) is 30.8. The Bertz CT molecular complexity index is 2380. The van der Waals surface area contributed by atoms with Crippen LogP contribution in [0.1, 0.15) is 17.5 Å². The van der Waals surface area contributed by atoms with Gasteiger partial charge in [0, 0.05) is 69.0 Å². The zero-order valence-electron chi connectivity index (χ0n) is 35.6. The molecule has 0 bridgehead atoms. The van der Waals surface area contributed by atoms with E-state index >= 15 is 4.79 Å². The van der Waals surface area contributed by atoms with Crippen LogP contribution in [0.25, 0.3) is 0 Å². The summed E-state index contributed by atoms with van der Waals surface area (Å²) in [4.78, 5) is 65.2. The van der Waals surface area contributed by atoms with Crippen molar-refractivity contribution in [1.82, 2.24) is 20.0 Å². The topological polar surface area (TPSA) is 222 Å². The third kappa shape index (κ3) is 11.2. The molecule has 26 heteroatoms. The van der Waals surface area contributed by atoms with Crippen molar-refractivity contribution in [2.24, 2.45) is 0 Å². The molecule has 2 saturated heterocycles. The minimum absolute atomic E-state index is 0.0193. The molecule has 362 valence electrons. The fourth-order valence-corrected chi connectivity index (χ4v) is 9.10. The first kappa shape index (κ1) is 52.7. The number of likely N-dealkylation sites (tertiary alicyclic amines) is 1. The van der Waals surface area contributed by atoms with Gasteiger partial charge >= 0.3 is 24.3 Å². The largest absolute Gasteiger partial charge is 0.497 e. The molecule has 3 amide bonds. The number of para-hydroxylation sites is 1. The quantitative estimate of drug-likeness (QED) is 0.234. The molecule has 18 nitrogen and oxygen atoms in total. The minimum atomic E-state index is -5.08. The highest BCUT2D eigenvalue weighted by molar-refractivity contribution is 7.93. The maximum absolute atomic E-state index is 15.6. The van der Waals surface area contributed by atoms with Gasteiger partial charge in [-0.1, -0.05) is 29.8 Å². The number of carboxylic acid groups (broad SMARTS) is 2. The first-order valence-electron chi connectivity index (χ1n) is 19.2. The number of sulfonamides is 1. The third-order valence-corrected chi connectivity index (χ3v) is 12.2. The second kappa shape index (κ2) is 21.2. The molecule has 3 aromatic rings. The van der Waals surface area contributed by atoms with E-state index < -0.39 is 57.9 Å².